The van der Waals surface area contributed by atoms with Gasteiger partial charge in [0.1, 0.15) is 11.3 Å². The van der Waals surface area contributed by atoms with Gasteiger partial charge in [-0.3, -0.25) is 14.5 Å². The van der Waals surface area contributed by atoms with E-state index in [2.05, 4.69) is 80.3 Å². The second kappa shape index (κ2) is 9.49. The number of fused-ring (bicyclic) bond motifs is 9. The number of aryl methyl sites for hydroxylation is 1. The summed E-state index contributed by atoms with van der Waals surface area (Å²) in [6, 6.07) is 21.8. The molecular weight excluding hydrogens is 599 g/mol. The number of hydrogen-bond acceptors (Lipinski definition) is 5. The van der Waals surface area contributed by atoms with Crippen LogP contribution in [0.5, 0.6) is 0 Å². The lowest BCUT2D eigenvalue weighted by atomic mass is 9.48. The summed E-state index contributed by atoms with van der Waals surface area (Å²) in [5, 5.41) is 12.8. The quantitative estimate of drug-likeness (QED) is 0.271. The maximum atomic E-state index is 16.2. The zero-order valence-corrected chi connectivity index (χ0v) is 28.6. The summed E-state index contributed by atoms with van der Waals surface area (Å²) in [5.41, 5.74) is 3.58. The molecule has 1 N–H and O–H groups in total. The predicted octanol–water partition coefficient (Wildman–Crippen LogP) is 8.20. The number of aliphatic hydroxyl groups excluding tert-OH is 1. The molecule has 3 saturated carbocycles. The third-order valence-corrected chi connectivity index (χ3v) is 16.2. The first-order valence-corrected chi connectivity index (χ1v) is 19.2. The Morgan fingerprint density at radius 2 is 1.68 bits per heavy atom. The molecule has 0 amide bonds. The molecule has 4 nitrogen and oxygen atoms in total. The van der Waals surface area contributed by atoms with Gasteiger partial charge in [0, 0.05) is 34.6 Å². The molecule has 2 aliphatic heterocycles. The molecule has 3 aromatic rings. The lowest BCUT2D eigenvalue weighted by molar-refractivity contribution is -0.141. The number of Topliss-reactive ketones (excluding diaryl/α,β-unsaturated/α-hetero) is 2. The molecule has 7 aliphatic rings. The molecule has 47 heavy (non-hydrogen) atoms. The Morgan fingerprint density at radius 3 is 2.49 bits per heavy atom. The second-order valence-corrected chi connectivity index (χ2v) is 17.8. The smallest absolute Gasteiger partial charge is 0.189 e. The minimum Gasteiger partial charge on any atom is -0.393 e. The summed E-state index contributed by atoms with van der Waals surface area (Å²) in [4.78, 5) is 34.3. The largest absolute Gasteiger partial charge is 0.393 e. The molecule has 0 bridgehead atoms. The number of carbonyl (C=O) groups is 2. The maximum Gasteiger partial charge on any atom is 0.189 e. The average Bonchev–Trinajstić information content (AvgIpc) is 3.77. The van der Waals surface area contributed by atoms with E-state index >= 15 is 9.59 Å². The number of allylic oxidation sites excluding steroid dienone is 1. The summed E-state index contributed by atoms with van der Waals surface area (Å²) in [6.45, 7) is 6.91. The molecule has 2 spiro atoms. The van der Waals surface area contributed by atoms with E-state index in [4.69, 9.17) is 0 Å². The van der Waals surface area contributed by atoms with Crippen LogP contribution in [0.2, 0.25) is 0 Å². The topological polar surface area (TPSA) is 57.6 Å². The monoisotopic (exact) mass is 643 g/mol. The molecule has 3 unspecified atom stereocenters. The van der Waals surface area contributed by atoms with Gasteiger partial charge in [-0.1, -0.05) is 91.7 Å². The first-order valence-electron chi connectivity index (χ1n) is 18.1. The minimum absolute atomic E-state index is 0.0462. The molecule has 10 atom stereocenters. The van der Waals surface area contributed by atoms with Gasteiger partial charge in [-0.2, -0.15) is 0 Å². The van der Waals surface area contributed by atoms with Crippen LogP contribution in [-0.4, -0.2) is 45.3 Å². The molecular formula is C42H45NO3S. The van der Waals surface area contributed by atoms with Crippen LogP contribution in [0.15, 0.2) is 72.3 Å². The fraction of sp³-hybridized carbons (Fsp3) is 0.524. The van der Waals surface area contributed by atoms with Gasteiger partial charge in [-0.15, -0.1) is 11.8 Å². The second-order valence-electron chi connectivity index (χ2n) is 16.8. The van der Waals surface area contributed by atoms with Crippen LogP contribution < -0.4 is 0 Å². The summed E-state index contributed by atoms with van der Waals surface area (Å²) >= 11 is 1.93. The van der Waals surface area contributed by atoms with Crippen LogP contribution in [0.3, 0.4) is 0 Å². The van der Waals surface area contributed by atoms with E-state index in [1.807, 2.05) is 23.9 Å². The molecule has 2 saturated heterocycles. The molecule has 3 aromatic carbocycles. The van der Waals surface area contributed by atoms with Crippen molar-refractivity contribution in [1.82, 2.24) is 4.90 Å². The zero-order chi connectivity index (χ0) is 32.1. The Kier molecular flexibility index (Phi) is 5.90. The Bertz CT molecular complexity index is 1910. The van der Waals surface area contributed by atoms with Gasteiger partial charge in [0.05, 0.1) is 11.5 Å². The number of aliphatic hydroxyl groups is 1. The van der Waals surface area contributed by atoms with Crippen molar-refractivity contribution in [3.8, 4) is 0 Å². The van der Waals surface area contributed by atoms with Gasteiger partial charge in [-0.25, -0.2) is 0 Å². The molecule has 10 rings (SSSR count). The highest BCUT2D eigenvalue weighted by Gasteiger charge is 2.82. The average molecular weight is 644 g/mol. The number of nitrogens with zero attached hydrogens (tertiary/aromatic N) is 1. The first-order chi connectivity index (χ1) is 22.7. The number of benzene rings is 3. The predicted molar refractivity (Wildman–Crippen MR) is 187 cm³/mol. The van der Waals surface area contributed by atoms with Crippen LogP contribution in [0, 0.1) is 40.9 Å². The van der Waals surface area contributed by atoms with Crippen LogP contribution in [0.1, 0.15) is 91.8 Å². The number of ketones is 2. The van der Waals surface area contributed by atoms with E-state index < -0.39 is 16.4 Å². The standard InChI is InChI=1S/C42H45NO3S/c1-24-10-12-26(13-11-24)36-34-22-47-23-43(34)42(32-9-5-7-25-6-4-8-30(35(25)32)37(42)45)41(36)21-33-29-15-14-27-20-28(44)16-18-39(27,2)31(29)17-19-40(33,3)38(41)46/h4-14,28-29,31,33-34,36,44H,15-23H2,1-3H3/t28-,29+,31-,33-,34-,36?,39-,40-,41?,42?/m0/s1. The van der Waals surface area contributed by atoms with Crippen molar-refractivity contribution < 1.29 is 14.7 Å². The summed E-state index contributed by atoms with van der Waals surface area (Å²) in [5.74, 6) is 3.36. The molecule has 0 radical (unpaired) electrons. The number of rotatable bonds is 1. The van der Waals surface area contributed by atoms with Crippen molar-refractivity contribution in [3.63, 3.8) is 0 Å². The van der Waals surface area contributed by atoms with E-state index in [1.54, 1.807) is 0 Å². The minimum atomic E-state index is -0.999. The SMILES string of the molecule is Cc1ccc(C2[C@@H]3CSCN3C3(C(=O)c4cccc5cccc3c45)C23C[C@H]2[C@@H]4CC=C5C[C@@H](O)CC[C@]5(C)[C@H]4CC[C@]2(C)C3=O)cc1. The van der Waals surface area contributed by atoms with Crippen molar-refractivity contribution in [2.45, 2.75) is 89.3 Å². The van der Waals surface area contributed by atoms with Crippen LogP contribution in [0.4, 0.5) is 0 Å². The van der Waals surface area contributed by atoms with Crippen LogP contribution >= 0.6 is 11.8 Å². The fourth-order valence-corrected chi connectivity index (χ4v) is 14.5. The highest BCUT2D eigenvalue weighted by molar-refractivity contribution is 7.99. The summed E-state index contributed by atoms with van der Waals surface area (Å²) < 4.78 is 0. The van der Waals surface area contributed by atoms with E-state index in [1.165, 1.54) is 16.7 Å². The molecule has 5 aliphatic carbocycles. The van der Waals surface area contributed by atoms with Crippen molar-refractivity contribution in [3.05, 3.63) is 94.6 Å². The lowest BCUT2D eigenvalue weighted by Gasteiger charge is -2.56. The van der Waals surface area contributed by atoms with Gasteiger partial charge < -0.3 is 5.11 Å². The Morgan fingerprint density at radius 1 is 0.915 bits per heavy atom. The van der Waals surface area contributed by atoms with Crippen molar-refractivity contribution >= 4 is 34.1 Å². The van der Waals surface area contributed by atoms with Crippen molar-refractivity contribution in [1.29, 1.82) is 0 Å². The number of hydrogen-bond donors (Lipinski definition) is 1. The van der Waals surface area contributed by atoms with E-state index in [9.17, 15) is 5.11 Å². The molecule has 5 fully saturated rings. The van der Waals surface area contributed by atoms with E-state index in [0.29, 0.717) is 17.6 Å². The molecule has 242 valence electrons. The van der Waals surface area contributed by atoms with Crippen molar-refractivity contribution in [2.24, 2.45) is 34.0 Å². The summed E-state index contributed by atoms with van der Waals surface area (Å²) in [6.07, 6.45) is 8.65. The van der Waals surface area contributed by atoms with Gasteiger partial charge >= 0.3 is 0 Å². The van der Waals surface area contributed by atoms with Crippen LogP contribution in [0.25, 0.3) is 10.8 Å². The maximum absolute atomic E-state index is 16.2. The first kappa shape index (κ1) is 29.2. The Labute approximate surface area is 282 Å². The van der Waals surface area contributed by atoms with E-state index in [-0.39, 0.29) is 35.2 Å². The van der Waals surface area contributed by atoms with Gasteiger partial charge in [0.25, 0.3) is 0 Å². The summed E-state index contributed by atoms with van der Waals surface area (Å²) in [7, 11) is 0. The third kappa shape index (κ3) is 3.26. The lowest BCUT2D eigenvalue weighted by Crippen LogP contribution is -2.58. The molecule has 0 aromatic heterocycles. The Balaban J connectivity index is 1.23. The zero-order valence-electron chi connectivity index (χ0n) is 27.8. The van der Waals surface area contributed by atoms with Gasteiger partial charge in [0.2, 0.25) is 0 Å². The van der Waals surface area contributed by atoms with Gasteiger partial charge in [-0.05, 0) is 96.9 Å². The number of thioether (sulfide) groups is 1. The molecule has 5 heteroatoms. The molecule has 2 heterocycles. The highest BCUT2D eigenvalue weighted by Crippen LogP contribution is 2.77. The number of carbonyl (C=O) groups excluding carboxylic acids is 2. The fourth-order valence-electron chi connectivity index (χ4n) is 13.2. The highest BCUT2D eigenvalue weighted by atomic mass is 32.2. The Hall–Kier alpha value is -2.73. The van der Waals surface area contributed by atoms with Gasteiger partial charge in [0.15, 0.2) is 5.78 Å². The normalized spacial score (nSPS) is 43.4. The van der Waals surface area contributed by atoms with Crippen LogP contribution in [-0.2, 0) is 10.3 Å². The van der Waals surface area contributed by atoms with E-state index in [0.717, 1.165) is 78.5 Å². The van der Waals surface area contributed by atoms with Crippen molar-refractivity contribution in [2.75, 3.05) is 11.6 Å². The third-order valence-electron chi connectivity index (χ3n) is 15.1.